The zero-order chi connectivity index (χ0) is 18.4. The number of hydrogen-bond acceptors (Lipinski definition) is 5. The van der Waals surface area contributed by atoms with Crippen molar-refractivity contribution in [1.29, 1.82) is 5.26 Å². The van der Waals surface area contributed by atoms with Crippen LogP contribution in [0.15, 0.2) is 42.6 Å². The summed E-state index contributed by atoms with van der Waals surface area (Å²) in [5, 5.41) is 11.8. The van der Waals surface area contributed by atoms with E-state index >= 15 is 0 Å². The Labute approximate surface area is 151 Å². The maximum absolute atomic E-state index is 13.2. The minimum atomic E-state index is -0.446. The third-order valence-electron chi connectivity index (χ3n) is 4.13. The smallest absolute Gasteiger partial charge is 0.251 e. The van der Waals surface area contributed by atoms with Gasteiger partial charge in [-0.2, -0.15) is 5.26 Å². The molecule has 134 valence electrons. The third-order valence-corrected chi connectivity index (χ3v) is 4.13. The molecule has 0 radical (unpaired) electrons. The lowest BCUT2D eigenvalue weighted by Crippen LogP contribution is -2.40. The van der Waals surface area contributed by atoms with Crippen LogP contribution in [-0.4, -0.2) is 43.2 Å². The Morgan fingerprint density at radius 3 is 3.12 bits per heavy atom. The zero-order valence-corrected chi connectivity index (χ0v) is 14.2. The normalized spacial score (nSPS) is 17.2. The summed E-state index contributed by atoms with van der Waals surface area (Å²) in [7, 11) is 0. The highest BCUT2D eigenvalue weighted by molar-refractivity contribution is 5.94. The summed E-state index contributed by atoms with van der Waals surface area (Å²) >= 11 is 0. The first-order chi connectivity index (χ1) is 12.7. The zero-order valence-electron chi connectivity index (χ0n) is 14.2. The predicted octanol–water partition coefficient (Wildman–Crippen LogP) is 2.12. The molecule has 2 aromatic rings. The third kappa shape index (κ3) is 4.55. The van der Waals surface area contributed by atoms with Crippen LogP contribution in [0.25, 0.3) is 0 Å². The van der Waals surface area contributed by atoms with Crippen molar-refractivity contribution in [2.45, 2.75) is 12.5 Å². The van der Waals surface area contributed by atoms with Gasteiger partial charge >= 0.3 is 0 Å². The van der Waals surface area contributed by atoms with Crippen molar-refractivity contribution in [3.8, 4) is 6.07 Å². The highest BCUT2D eigenvalue weighted by atomic mass is 19.1. The van der Waals surface area contributed by atoms with E-state index in [-0.39, 0.29) is 17.6 Å². The van der Waals surface area contributed by atoms with Gasteiger partial charge in [0.1, 0.15) is 11.6 Å². The number of hydrogen-bond donors (Lipinski definition) is 1. The quantitative estimate of drug-likeness (QED) is 0.910. The molecule has 7 heteroatoms. The molecule has 6 nitrogen and oxygen atoms in total. The van der Waals surface area contributed by atoms with E-state index in [9.17, 15) is 9.18 Å². The van der Waals surface area contributed by atoms with Gasteiger partial charge in [-0.1, -0.05) is 6.07 Å². The number of carbonyl (C=O) groups is 1. The highest BCUT2D eigenvalue weighted by Crippen LogP contribution is 2.16. The lowest BCUT2D eigenvalue weighted by Gasteiger charge is -2.25. The molecule has 0 saturated carbocycles. The van der Waals surface area contributed by atoms with Crippen LogP contribution < -0.4 is 10.2 Å². The fraction of sp³-hybridized carbons (Fsp3) is 0.316. The molecule has 1 aliphatic heterocycles. The Hall–Kier alpha value is -2.98. The predicted molar refractivity (Wildman–Crippen MR) is 94.3 cm³/mol. The van der Waals surface area contributed by atoms with E-state index in [2.05, 4.69) is 16.4 Å². The van der Waals surface area contributed by atoms with Crippen molar-refractivity contribution in [1.82, 2.24) is 10.3 Å². The standard InChI is InChI=1S/C19H19FN4O2/c20-16-4-1-3-15(10-16)19(25)23-12-17-13-24(7-2-8-26-17)18-9-14(11-21)5-6-22-18/h1,3-6,9-10,17H,2,7-8,12-13H2,(H,23,25). The van der Waals surface area contributed by atoms with E-state index in [0.717, 1.165) is 18.8 Å². The van der Waals surface area contributed by atoms with Gasteiger partial charge in [0.05, 0.1) is 17.7 Å². The summed E-state index contributed by atoms with van der Waals surface area (Å²) in [6, 6.07) is 11.1. The van der Waals surface area contributed by atoms with E-state index in [1.807, 2.05) is 4.90 Å². The summed E-state index contributed by atoms with van der Waals surface area (Å²) in [6.45, 7) is 2.19. The maximum atomic E-state index is 13.2. The molecule has 0 spiro atoms. The number of rotatable bonds is 4. The molecular formula is C19H19FN4O2. The number of ether oxygens (including phenoxy) is 1. The number of benzene rings is 1. The second-order valence-corrected chi connectivity index (χ2v) is 6.03. The van der Waals surface area contributed by atoms with Crippen LogP contribution in [0.4, 0.5) is 10.2 Å². The molecule has 1 amide bonds. The van der Waals surface area contributed by atoms with Crippen molar-refractivity contribution < 1.29 is 13.9 Å². The van der Waals surface area contributed by atoms with Crippen LogP contribution >= 0.6 is 0 Å². The van der Waals surface area contributed by atoms with Gasteiger partial charge in [0.25, 0.3) is 5.91 Å². The van der Waals surface area contributed by atoms with Gasteiger partial charge in [0, 0.05) is 38.0 Å². The van der Waals surface area contributed by atoms with E-state index < -0.39 is 5.82 Å². The van der Waals surface area contributed by atoms with Gasteiger partial charge in [0.2, 0.25) is 0 Å². The Morgan fingerprint density at radius 1 is 1.42 bits per heavy atom. The van der Waals surface area contributed by atoms with E-state index in [1.165, 1.54) is 18.2 Å². The monoisotopic (exact) mass is 354 g/mol. The number of nitrogens with zero attached hydrogens (tertiary/aromatic N) is 3. The van der Waals surface area contributed by atoms with Gasteiger partial charge in [-0.05, 0) is 36.8 Å². The molecule has 0 bridgehead atoms. The molecule has 1 atom stereocenters. The lowest BCUT2D eigenvalue weighted by atomic mass is 10.2. The fourth-order valence-corrected chi connectivity index (χ4v) is 2.83. The van der Waals surface area contributed by atoms with Crippen molar-refractivity contribution in [3.63, 3.8) is 0 Å². The Balaban J connectivity index is 1.62. The molecule has 1 aliphatic rings. The molecule has 1 aromatic carbocycles. The molecule has 2 heterocycles. The second kappa shape index (κ2) is 8.41. The number of pyridine rings is 1. The minimum absolute atomic E-state index is 0.220. The van der Waals surface area contributed by atoms with E-state index in [4.69, 9.17) is 10.00 Å². The van der Waals surface area contributed by atoms with Crippen LogP contribution in [0, 0.1) is 17.1 Å². The SMILES string of the molecule is N#Cc1ccnc(N2CCCOC(CNC(=O)c3cccc(F)c3)C2)c1. The van der Waals surface area contributed by atoms with Crippen LogP contribution in [0.3, 0.4) is 0 Å². The van der Waals surface area contributed by atoms with E-state index in [1.54, 1.807) is 24.4 Å². The van der Waals surface area contributed by atoms with Gasteiger partial charge < -0.3 is 15.0 Å². The number of carbonyl (C=O) groups excluding carboxylic acids is 1. The van der Waals surface area contributed by atoms with Crippen LogP contribution in [0.1, 0.15) is 22.3 Å². The summed E-state index contributed by atoms with van der Waals surface area (Å²) in [5.74, 6) is -0.0671. The topological polar surface area (TPSA) is 78.2 Å². The number of amides is 1. The summed E-state index contributed by atoms with van der Waals surface area (Å²) in [5.41, 5.74) is 0.829. The Bertz CT molecular complexity index is 821. The molecule has 0 aliphatic carbocycles. The number of halogens is 1. The second-order valence-electron chi connectivity index (χ2n) is 6.03. The molecule has 1 fully saturated rings. The first kappa shape index (κ1) is 17.8. The summed E-state index contributed by atoms with van der Waals surface area (Å²) < 4.78 is 19.0. The molecule has 1 N–H and O–H groups in total. The van der Waals surface area contributed by atoms with Crippen molar-refractivity contribution >= 4 is 11.7 Å². The molecule has 3 rings (SSSR count). The Morgan fingerprint density at radius 2 is 2.31 bits per heavy atom. The average Bonchev–Trinajstić information content (AvgIpc) is 2.92. The van der Waals surface area contributed by atoms with Crippen molar-refractivity contribution in [2.75, 3.05) is 31.1 Å². The lowest BCUT2D eigenvalue weighted by molar-refractivity contribution is 0.0639. The first-order valence-corrected chi connectivity index (χ1v) is 8.42. The maximum Gasteiger partial charge on any atom is 0.251 e. The Kier molecular flexibility index (Phi) is 5.77. The summed E-state index contributed by atoms with van der Waals surface area (Å²) in [4.78, 5) is 18.5. The van der Waals surface area contributed by atoms with Crippen LogP contribution in [0.2, 0.25) is 0 Å². The van der Waals surface area contributed by atoms with Gasteiger partial charge in [-0.15, -0.1) is 0 Å². The van der Waals surface area contributed by atoms with Crippen molar-refractivity contribution in [2.24, 2.45) is 0 Å². The van der Waals surface area contributed by atoms with Gasteiger partial charge in [0.15, 0.2) is 0 Å². The minimum Gasteiger partial charge on any atom is -0.374 e. The van der Waals surface area contributed by atoms with Crippen LogP contribution in [-0.2, 0) is 4.74 Å². The molecule has 1 aromatic heterocycles. The van der Waals surface area contributed by atoms with Gasteiger partial charge in [-0.25, -0.2) is 9.37 Å². The molecule has 1 unspecified atom stereocenters. The fourth-order valence-electron chi connectivity index (χ4n) is 2.83. The molecular weight excluding hydrogens is 335 g/mol. The average molecular weight is 354 g/mol. The molecule has 26 heavy (non-hydrogen) atoms. The van der Waals surface area contributed by atoms with Crippen molar-refractivity contribution in [3.05, 3.63) is 59.5 Å². The highest BCUT2D eigenvalue weighted by Gasteiger charge is 2.21. The number of aromatic nitrogens is 1. The summed E-state index contributed by atoms with van der Waals surface area (Å²) in [6.07, 6.45) is 2.22. The first-order valence-electron chi connectivity index (χ1n) is 8.42. The molecule has 1 saturated heterocycles. The van der Waals surface area contributed by atoms with E-state index in [0.29, 0.717) is 25.3 Å². The number of anilines is 1. The number of nitriles is 1. The largest absolute Gasteiger partial charge is 0.374 e. The number of nitrogens with one attached hydrogen (secondary N) is 1. The van der Waals surface area contributed by atoms with Gasteiger partial charge in [-0.3, -0.25) is 4.79 Å². The van der Waals surface area contributed by atoms with Crippen LogP contribution in [0.5, 0.6) is 0 Å².